The Morgan fingerprint density at radius 3 is 2.85 bits per heavy atom. The molecule has 6 nitrogen and oxygen atoms in total. The Kier molecular flexibility index (Phi) is 5.07. The zero-order valence-electron chi connectivity index (χ0n) is 15.3. The van der Waals surface area contributed by atoms with E-state index in [1.165, 1.54) is 0 Å². The number of carbonyl (C=O) groups excluding carboxylic acids is 1. The number of benzene rings is 1. The van der Waals surface area contributed by atoms with Crippen LogP contribution in [0.25, 0.3) is 5.65 Å². The molecule has 1 fully saturated rings. The Bertz CT molecular complexity index is 927. The van der Waals surface area contributed by atoms with Gasteiger partial charge in [0.25, 0.3) is 0 Å². The zero-order chi connectivity index (χ0) is 18.6. The van der Waals surface area contributed by atoms with Gasteiger partial charge in [-0.3, -0.25) is 0 Å². The predicted molar refractivity (Wildman–Crippen MR) is 100.0 cm³/mol. The summed E-state index contributed by atoms with van der Waals surface area (Å²) in [5.41, 5.74) is 3.18. The van der Waals surface area contributed by atoms with E-state index in [1.54, 1.807) is 24.3 Å². The minimum Gasteiger partial charge on any atom is -0.491 e. The second kappa shape index (κ2) is 7.80. The van der Waals surface area contributed by atoms with Gasteiger partial charge in [0.15, 0.2) is 0 Å². The van der Waals surface area contributed by atoms with Crippen molar-refractivity contribution in [1.29, 1.82) is 0 Å². The maximum absolute atomic E-state index is 12.2. The van der Waals surface area contributed by atoms with E-state index < -0.39 is 0 Å². The lowest BCUT2D eigenvalue weighted by Gasteiger charge is -2.11. The molecule has 3 aromatic rings. The van der Waals surface area contributed by atoms with Gasteiger partial charge in [-0.1, -0.05) is 6.07 Å². The van der Waals surface area contributed by atoms with Crippen molar-refractivity contribution in [1.82, 2.24) is 9.38 Å². The summed E-state index contributed by atoms with van der Waals surface area (Å²) in [7, 11) is 0. The summed E-state index contributed by atoms with van der Waals surface area (Å²) in [5, 5.41) is 0. The Morgan fingerprint density at radius 2 is 2.07 bits per heavy atom. The van der Waals surface area contributed by atoms with E-state index in [-0.39, 0.29) is 18.7 Å². The van der Waals surface area contributed by atoms with Gasteiger partial charge in [0.05, 0.1) is 17.4 Å². The standard InChI is InChI=1S/C21H22N2O4/c1-15-4-9-20-22-17(12-23(20)11-15)13-27-21(24)16-5-7-18(8-6-16)26-14-19-3-2-10-25-19/h4-9,11-12,19H,2-3,10,13-14H2,1H3. The minimum absolute atomic E-state index is 0.136. The second-order valence-corrected chi connectivity index (χ2v) is 6.75. The summed E-state index contributed by atoms with van der Waals surface area (Å²) in [6.07, 6.45) is 6.15. The SMILES string of the molecule is Cc1ccc2nc(COC(=O)c3ccc(OCC4CCCO4)cc3)cn2c1. The number of carbonyl (C=O) groups is 1. The number of aromatic nitrogens is 2. The van der Waals surface area contributed by atoms with Gasteiger partial charge in [0.2, 0.25) is 0 Å². The molecule has 1 aliphatic rings. The fourth-order valence-electron chi connectivity index (χ4n) is 3.10. The first kappa shape index (κ1) is 17.5. The van der Waals surface area contributed by atoms with Crippen LogP contribution in [0.1, 0.15) is 34.5 Å². The first-order valence-electron chi connectivity index (χ1n) is 9.13. The Labute approximate surface area is 157 Å². The van der Waals surface area contributed by atoms with Crippen LogP contribution in [-0.4, -0.2) is 34.7 Å². The summed E-state index contributed by atoms with van der Waals surface area (Å²) in [6, 6.07) is 10.9. The van der Waals surface area contributed by atoms with Crippen molar-refractivity contribution in [2.45, 2.75) is 32.5 Å². The topological polar surface area (TPSA) is 62.1 Å². The molecule has 1 saturated heterocycles. The van der Waals surface area contributed by atoms with Crippen molar-refractivity contribution in [3.8, 4) is 5.75 Å². The number of rotatable bonds is 6. The maximum atomic E-state index is 12.2. The van der Waals surface area contributed by atoms with Gasteiger partial charge in [-0.15, -0.1) is 0 Å². The maximum Gasteiger partial charge on any atom is 0.338 e. The third kappa shape index (κ3) is 4.28. The smallest absolute Gasteiger partial charge is 0.338 e. The molecular weight excluding hydrogens is 344 g/mol. The molecule has 1 aromatic carbocycles. The number of ether oxygens (including phenoxy) is 3. The van der Waals surface area contributed by atoms with Gasteiger partial charge in [-0.25, -0.2) is 9.78 Å². The number of imidazole rings is 1. The molecule has 27 heavy (non-hydrogen) atoms. The molecule has 2 aromatic heterocycles. The number of aryl methyl sites for hydroxylation is 1. The summed E-state index contributed by atoms with van der Waals surface area (Å²) in [4.78, 5) is 16.7. The van der Waals surface area contributed by atoms with Crippen molar-refractivity contribution in [2.75, 3.05) is 13.2 Å². The van der Waals surface area contributed by atoms with Crippen LogP contribution < -0.4 is 4.74 Å². The highest BCUT2D eigenvalue weighted by Crippen LogP contribution is 2.17. The Hall–Kier alpha value is -2.86. The number of pyridine rings is 1. The summed E-state index contributed by atoms with van der Waals surface area (Å²) in [5.74, 6) is 0.340. The lowest BCUT2D eigenvalue weighted by Crippen LogP contribution is -2.16. The molecule has 0 spiro atoms. The van der Waals surface area contributed by atoms with Gasteiger partial charge in [0.1, 0.15) is 24.6 Å². The minimum atomic E-state index is -0.381. The number of esters is 1. The fourth-order valence-corrected chi connectivity index (χ4v) is 3.10. The molecule has 0 saturated carbocycles. The highest BCUT2D eigenvalue weighted by atomic mass is 16.5. The molecule has 0 aliphatic carbocycles. The molecule has 1 atom stereocenters. The molecule has 0 amide bonds. The van der Waals surface area contributed by atoms with Gasteiger partial charge in [-0.2, -0.15) is 0 Å². The van der Waals surface area contributed by atoms with Crippen molar-refractivity contribution in [3.05, 3.63) is 65.6 Å². The van der Waals surface area contributed by atoms with Crippen LogP contribution in [0, 0.1) is 6.92 Å². The van der Waals surface area contributed by atoms with Gasteiger partial charge in [0, 0.05) is 19.0 Å². The molecule has 0 radical (unpaired) electrons. The number of nitrogens with zero attached hydrogens (tertiary/aromatic N) is 2. The largest absolute Gasteiger partial charge is 0.491 e. The van der Waals surface area contributed by atoms with E-state index in [0.29, 0.717) is 17.9 Å². The van der Waals surface area contributed by atoms with Crippen LogP contribution >= 0.6 is 0 Å². The average Bonchev–Trinajstić information content (AvgIpc) is 3.34. The van der Waals surface area contributed by atoms with Crippen molar-refractivity contribution in [2.24, 2.45) is 0 Å². The summed E-state index contributed by atoms with van der Waals surface area (Å²) >= 11 is 0. The Morgan fingerprint density at radius 1 is 1.22 bits per heavy atom. The highest BCUT2D eigenvalue weighted by molar-refractivity contribution is 5.89. The molecule has 140 valence electrons. The lowest BCUT2D eigenvalue weighted by molar-refractivity contribution is 0.0468. The lowest BCUT2D eigenvalue weighted by atomic mass is 10.2. The Balaban J connectivity index is 1.31. The van der Waals surface area contributed by atoms with E-state index >= 15 is 0 Å². The normalized spacial score (nSPS) is 16.6. The van der Waals surface area contributed by atoms with Gasteiger partial charge < -0.3 is 18.6 Å². The summed E-state index contributed by atoms with van der Waals surface area (Å²) < 4.78 is 18.5. The molecule has 3 heterocycles. The van der Waals surface area contributed by atoms with Crippen molar-refractivity contribution in [3.63, 3.8) is 0 Å². The summed E-state index contributed by atoms with van der Waals surface area (Å²) in [6.45, 7) is 3.51. The molecule has 4 rings (SSSR count). The van der Waals surface area contributed by atoms with Crippen molar-refractivity contribution >= 4 is 11.6 Å². The first-order chi connectivity index (χ1) is 13.2. The van der Waals surface area contributed by atoms with Crippen LogP contribution in [0.4, 0.5) is 0 Å². The number of hydrogen-bond donors (Lipinski definition) is 0. The van der Waals surface area contributed by atoms with Crippen LogP contribution in [0.2, 0.25) is 0 Å². The third-order valence-corrected chi connectivity index (χ3v) is 4.55. The second-order valence-electron chi connectivity index (χ2n) is 6.75. The monoisotopic (exact) mass is 366 g/mol. The van der Waals surface area contributed by atoms with E-state index in [9.17, 15) is 4.79 Å². The quantitative estimate of drug-likeness (QED) is 0.624. The van der Waals surface area contributed by atoms with Gasteiger partial charge in [-0.05, 0) is 55.7 Å². The molecule has 6 heteroatoms. The molecular formula is C21H22N2O4. The van der Waals surface area contributed by atoms with E-state index in [4.69, 9.17) is 14.2 Å². The van der Waals surface area contributed by atoms with Gasteiger partial charge >= 0.3 is 5.97 Å². The first-order valence-corrected chi connectivity index (χ1v) is 9.13. The van der Waals surface area contributed by atoms with Crippen LogP contribution in [0.3, 0.4) is 0 Å². The number of hydrogen-bond acceptors (Lipinski definition) is 5. The fraction of sp³-hybridized carbons (Fsp3) is 0.333. The van der Waals surface area contributed by atoms with E-state index in [1.807, 2.05) is 35.9 Å². The molecule has 1 unspecified atom stereocenters. The predicted octanol–water partition coefficient (Wildman–Crippen LogP) is 3.56. The average molecular weight is 366 g/mol. The van der Waals surface area contributed by atoms with Crippen LogP contribution in [-0.2, 0) is 16.1 Å². The van der Waals surface area contributed by atoms with E-state index in [0.717, 1.165) is 36.4 Å². The van der Waals surface area contributed by atoms with Crippen molar-refractivity contribution < 1.29 is 19.0 Å². The molecule has 1 aliphatic heterocycles. The van der Waals surface area contributed by atoms with E-state index in [2.05, 4.69) is 4.98 Å². The molecule has 0 bridgehead atoms. The van der Waals surface area contributed by atoms with Crippen LogP contribution in [0.15, 0.2) is 48.8 Å². The molecule has 0 N–H and O–H groups in total. The van der Waals surface area contributed by atoms with Crippen LogP contribution in [0.5, 0.6) is 5.75 Å². The highest BCUT2D eigenvalue weighted by Gasteiger charge is 2.16. The third-order valence-electron chi connectivity index (χ3n) is 4.55. The number of fused-ring (bicyclic) bond motifs is 1. The zero-order valence-corrected chi connectivity index (χ0v) is 15.3.